The molecule has 0 saturated heterocycles. The van der Waals surface area contributed by atoms with Gasteiger partial charge in [0.2, 0.25) is 5.91 Å². The third-order valence-electron chi connectivity index (χ3n) is 2.20. The number of amides is 1. The lowest BCUT2D eigenvalue weighted by molar-refractivity contribution is -0.116. The number of rotatable bonds is 0. The molecule has 1 aliphatic rings. The first kappa shape index (κ1) is 8.63. The van der Waals surface area contributed by atoms with Gasteiger partial charge in [-0.2, -0.15) is 0 Å². The fourth-order valence-corrected chi connectivity index (χ4v) is 2.36. The highest BCUT2D eigenvalue weighted by molar-refractivity contribution is 8.00. The van der Waals surface area contributed by atoms with Gasteiger partial charge in [-0.3, -0.25) is 4.79 Å². The van der Waals surface area contributed by atoms with Crippen LogP contribution in [0.2, 0.25) is 0 Å². The van der Waals surface area contributed by atoms with Gasteiger partial charge in [-0.05, 0) is 24.6 Å². The van der Waals surface area contributed by atoms with Crippen LogP contribution in [0.25, 0.3) is 0 Å². The number of benzene rings is 1. The minimum absolute atomic E-state index is 0.183. The quantitative estimate of drug-likeness (QED) is 0.628. The van der Waals surface area contributed by atoms with Crippen LogP contribution in [0.1, 0.15) is 5.56 Å². The molecule has 13 heavy (non-hydrogen) atoms. The summed E-state index contributed by atoms with van der Waals surface area (Å²) in [4.78, 5) is 14.3. The molecular weight excluding hydrogens is 182 g/mol. The summed E-state index contributed by atoms with van der Waals surface area (Å²) in [5, 5.41) is 0. The first-order valence-electron chi connectivity index (χ1n) is 4.18. The molecule has 3 heteroatoms. The summed E-state index contributed by atoms with van der Waals surface area (Å²) in [6.07, 6.45) is 0. The van der Waals surface area contributed by atoms with Gasteiger partial charge in [-0.1, -0.05) is 6.07 Å². The van der Waals surface area contributed by atoms with E-state index in [1.807, 2.05) is 14.0 Å². The molecule has 0 fully saturated rings. The Kier molecular flexibility index (Phi) is 2.04. The molecular formula is C10H11NOS. The summed E-state index contributed by atoms with van der Waals surface area (Å²) < 4.78 is 0. The number of fused-ring (bicyclic) bond motifs is 1. The Bertz CT molecular complexity index is 362. The van der Waals surface area contributed by atoms with Crippen molar-refractivity contribution >= 4 is 23.4 Å². The number of carbonyl (C=O) groups excluding carboxylic acids is 1. The van der Waals surface area contributed by atoms with E-state index in [0.717, 1.165) is 5.69 Å². The minimum atomic E-state index is 0.183. The Morgan fingerprint density at radius 3 is 3.00 bits per heavy atom. The zero-order chi connectivity index (χ0) is 9.42. The van der Waals surface area contributed by atoms with Crippen LogP contribution < -0.4 is 4.90 Å². The number of hydrogen-bond acceptors (Lipinski definition) is 2. The molecule has 0 saturated carbocycles. The van der Waals surface area contributed by atoms with Crippen molar-refractivity contribution in [1.29, 1.82) is 0 Å². The third-order valence-corrected chi connectivity index (χ3v) is 3.25. The number of anilines is 1. The predicted octanol–water partition coefficient (Wildman–Crippen LogP) is 2.06. The molecule has 0 N–H and O–H groups in total. The van der Waals surface area contributed by atoms with Crippen LogP contribution >= 0.6 is 11.8 Å². The third kappa shape index (κ3) is 1.44. The fourth-order valence-electron chi connectivity index (χ4n) is 1.38. The van der Waals surface area contributed by atoms with E-state index < -0.39 is 0 Å². The highest BCUT2D eigenvalue weighted by atomic mass is 32.2. The summed E-state index contributed by atoms with van der Waals surface area (Å²) in [6.45, 7) is 2.04. The number of hydrogen-bond donors (Lipinski definition) is 0. The second kappa shape index (κ2) is 3.07. The first-order chi connectivity index (χ1) is 6.18. The van der Waals surface area contributed by atoms with Crippen LogP contribution in [0.3, 0.4) is 0 Å². The van der Waals surface area contributed by atoms with E-state index in [9.17, 15) is 4.79 Å². The highest BCUT2D eigenvalue weighted by Gasteiger charge is 2.20. The topological polar surface area (TPSA) is 20.3 Å². The van der Waals surface area contributed by atoms with E-state index in [4.69, 9.17) is 0 Å². The monoisotopic (exact) mass is 193 g/mol. The van der Waals surface area contributed by atoms with Crippen molar-refractivity contribution in [2.75, 3.05) is 17.7 Å². The second-order valence-corrected chi connectivity index (χ2v) is 4.23. The molecule has 0 atom stereocenters. The smallest absolute Gasteiger partial charge is 0.237 e. The summed E-state index contributed by atoms with van der Waals surface area (Å²) >= 11 is 1.62. The van der Waals surface area contributed by atoms with Gasteiger partial charge in [0.25, 0.3) is 0 Å². The van der Waals surface area contributed by atoms with E-state index in [0.29, 0.717) is 5.75 Å². The maximum atomic E-state index is 11.4. The van der Waals surface area contributed by atoms with Crippen molar-refractivity contribution in [1.82, 2.24) is 0 Å². The Morgan fingerprint density at radius 2 is 2.23 bits per heavy atom. The molecule has 68 valence electrons. The molecule has 1 aliphatic heterocycles. The van der Waals surface area contributed by atoms with Crippen LogP contribution in [-0.2, 0) is 4.79 Å². The van der Waals surface area contributed by atoms with Crippen molar-refractivity contribution in [3.63, 3.8) is 0 Å². The molecule has 1 amide bonds. The van der Waals surface area contributed by atoms with Gasteiger partial charge in [0, 0.05) is 11.9 Å². The Balaban J connectivity index is 2.51. The Labute approximate surface area is 81.9 Å². The lowest BCUT2D eigenvalue weighted by Crippen LogP contribution is -2.31. The van der Waals surface area contributed by atoms with E-state index in [-0.39, 0.29) is 5.91 Å². The van der Waals surface area contributed by atoms with Crippen molar-refractivity contribution in [2.24, 2.45) is 0 Å². The molecule has 0 bridgehead atoms. The lowest BCUT2D eigenvalue weighted by atomic mass is 10.2. The molecule has 0 aliphatic carbocycles. The zero-order valence-electron chi connectivity index (χ0n) is 7.70. The molecule has 1 aromatic rings. The minimum Gasteiger partial charge on any atom is -0.314 e. The fraction of sp³-hybridized carbons (Fsp3) is 0.300. The number of aryl methyl sites for hydroxylation is 1. The number of thioether (sulfide) groups is 1. The van der Waals surface area contributed by atoms with Crippen molar-refractivity contribution in [3.05, 3.63) is 23.8 Å². The van der Waals surface area contributed by atoms with Gasteiger partial charge in [-0.25, -0.2) is 0 Å². The number of nitrogens with zero attached hydrogens (tertiary/aromatic N) is 1. The zero-order valence-corrected chi connectivity index (χ0v) is 8.52. The van der Waals surface area contributed by atoms with Gasteiger partial charge in [0.05, 0.1) is 11.4 Å². The molecule has 1 heterocycles. The Hall–Kier alpha value is -0.960. The van der Waals surface area contributed by atoms with Gasteiger partial charge < -0.3 is 4.90 Å². The molecule has 0 unspecified atom stereocenters. The summed E-state index contributed by atoms with van der Waals surface area (Å²) in [6, 6.07) is 6.22. The molecule has 0 aromatic heterocycles. The number of carbonyl (C=O) groups is 1. The van der Waals surface area contributed by atoms with Crippen molar-refractivity contribution < 1.29 is 4.79 Å². The molecule has 0 radical (unpaired) electrons. The predicted molar refractivity (Wildman–Crippen MR) is 55.3 cm³/mol. The maximum absolute atomic E-state index is 11.4. The average Bonchev–Trinajstić information content (AvgIpc) is 2.12. The van der Waals surface area contributed by atoms with Crippen LogP contribution in [0.5, 0.6) is 0 Å². The van der Waals surface area contributed by atoms with Crippen LogP contribution in [0.4, 0.5) is 5.69 Å². The van der Waals surface area contributed by atoms with E-state index in [1.165, 1.54) is 10.5 Å². The van der Waals surface area contributed by atoms with Crippen molar-refractivity contribution in [2.45, 2.75) is 11.8 Å². The molecule has 2 rings (SSSR count). The van der Waals surface area contributed by atoms with E-state index >= 15 is 0 Å². The second-order valence-electron chi connectivity index (χ2n) is 3.21. The molecule has 0 spiro atoms. The van der Waals surface area contributed by atoms with Crippen LogP contribution in [0, 0.1) is 6.92 Å². The van der Waals surface area contributed by atoms with Crippen LogP contribution in [0.15, 0.2) is 23.1 Å². The highest BCUT2D eigenvalue weighted by Crippen LogP contribution is 2.34. The van der Waals surface area contributed by atoms with Gasteiger partial charge in [-0.15, -0.1) is 11.8 Å². The summed E-state index contributed by atoms with van der Waals surface area (Å²) in [7, 11) is 1.83. The SMILES string of the molecule is Cc1ccc2c(c1)N(C)C(=O)CS2. The first-order valence-corrected chi connectivity index (χ1v) is 5.17. The van der Waals surface area contributed by atoms with Gasteiger partial charge in [0.15, 0.2) is 0 Å². The van der Waals surface area contributed by atoms with E-state index in [1.54, 1.807) is 16.7 Å². The van der Waals surface area contributed by atoms with Crippen molar-refractivity contribution in [3.8, 4) is 0 Å². The normalized spacial score (nSPS) is 15.8. The summed E-state index contributed by atoms with van der Waals surface area (Å²) in [5.74, 6) is 0.745. The largest absolute Gasteiger partial charge is 0.314 e. The molecule has 1 aromatic carbocycles. The standard InChI is InChI=1S/C10H11NOS/c1-7-3-4-9-8(5-7)11(2)10(12)6-13-9/h3-5H,6H2,1-2H3. The molecule has 2 nitrogen and oxygen atoms in total. The van der Waals surface area contributed by atoms with Crippen LogP contribution in [-0.4, -0.2) is 18.7 Å². The maximum Gasteiger partial charge on any atom is 0.237 e. The lowest BCUT2D eigenvalue weighted by Gasteiger charge is -2.25. The average molecular weight is 193 g/mol. The summed E-state index contributed by atoms with van der Waals surface area (Å²) in [5.41, 5.74) is 2.24. The Morgan fingerprint density at radius 1 is 1.46 bits per heavy atom. The van der Waals surface area contributed by atoms with E-state index in [2.05, 4.69) is 18.2 Å². The van der Waals surface area contributed by atoms with Gasteiger partial charge >= 0.3 is 0 Å². The van der Waals surface area contributed by atoms with Gasteiger partial charge in [0.1, 0.15) is 0 Å².